The summed E-state index contributed by atoms with van der Waals surface area (Å²) in [4.78, 5) is 36.1. The number of ether oxygens (including phenoxy) is 2. The second-order valence-corrected chi connectivity index (χ2v) is 12.1. The van der Waals surface area contributed by atoms with Crippen LogP contribution in [0.4, 0.5) is 5.69 Å². The molecule has 9 atom stereocenters. The number of carbonyl (C=O) groups excluding carboxylic acids is 2. The minimum Gasteiger partial charge on any atom is -0.393 e. The molecule has 1 aromatic carbocycles. The fraction of sp³-hybridized carbons (Fsp3) is 0.586. The smallest absolute Gasteiger partial charge is 0.269 e. The van der Waals surface area contributed by atoms with Crippen molar-refractivity contribution < 1.29 is 34.2 Å². The Hall–Kier alpha value is -2.72. The Kier molecular flexibility index (Phi) is 5.81. The molecule has 0 radical (unpaired) electrons. The summed E-state index contributed by atoms with van der Waals surface area (Å²) in [6.45, 7) is 3.41. The maximum Gasteiger partial charge on any atom is 0.269 e. The Morgan fingerprint density at radius 3 is 2.66 bits per heavy atom. The van der Waals surface area contributed by atoms with Crippen molar-refractivity contribution in [3.05, 3.63) is 63.7 Å². The van der Waals surface area contributed by atoms with E-state index in [1.54, 1.807) is 24.3 Å². The summed E-state index contributed by atoms with van der Waals surface area (Å²) in [6.07, 6.45) is 5.95. The highest BCUT2D eigenvalue weighted by Crippen LogP contribution is 2.69. The quantitative estimate of drug-likeness (QED) is 0.444. The fourth-order valence-electron chi connectivity index (χ4n) is 8.80. The second kappa shape index (κ2) is 8.64. The summed E-state index contributed by atoms with van der Waals surface area (Å²) in [6, 6.07) is 6.15. The molecule has 4 fully saturated rings. The van der Waals surface area contributed by atoms with E-state index in [0.717, 1.165) is 24.0 Å². The topological polar surface area (TPSA) is 136 Å². The van der Waals surface area contributed by atoms with Crippen LogP contribution < -0.4 is 0 Å². The molecule has 0 amide bonds. The number of ketones is 2. The highest BCUT2D eigenvalue weighted by molar-refractivity contribution is 6.01. The van der Waals surface area contributed by atoms with Crippen LogP contribution in [0.3, 0.4) is 0 Å². The van der Waals surface area contributed by atoms with Gasteiger partial charge in [0.15, 0.2) is 23.5 Å². The van der Waals surface area contributed by atoms with E-state index in [0.29, 0.717) is 19.3 Å². The van der Waals surface area contributed by atoms with Crippen molar-refractivity contribution in [2.75, 3.05) is 6.61 Å². The van der Waals surface area contributed by atoms with Crippen LogP contribution in [-0.4, -0.2) is 57.4 Å². The normalized spacial score (nSPS) is 43.1. The van der Waals surface area contributed by atoms with Crippen LogP contribution in [0, 0.1) is 38.7 Å². The highest BCUT2D eigenvalue weighted by atomic mass is 16.7. The van der Waals surface area contributed by atoms with Crippen LogP contribution in [-0.2, 0) is 25.5 Å². The predicted octanol–water partition coefficient (Wildman–Crippen LogP) is 3.07. The van der Waals surface area contributed by atoms with E-state index in [4.69, 9.17) is 9.47 Å². The summed E-state index contributed by atoms with van der Waals surface area (Å²) in [5.41, 5.74) is -0.750. The standard InChI is InChI=1S/C29H33NO8/c1-27-10-9-19(32)12-17(27)5-8-20-21-13-24-29(23(34)15-31,28(21,2)14-22(33)26(20)27)38-25(37-24)11-16-3-6-18(7-4-16)30(35)36/h3-4,6-7,9-10,12,20-22,24-26,31,33H,5,8,11,13-15H2,1-2H3/t20-,21-,22-,24+,25?,26+,27-,28-,29+/m0/s1. The van der Waals surface area contributed by atoms with Crippen molar-refractivity contribution >= 4 is 17.3 Å². The number of allylic oxidation sites excluding steroid dienone is 4. The maximum atomic E-state index is 13.5. The van der Waals surface area contributed by atoms with Gasteiger partial charge in [-0.15, -0.1) is 0 Å². The van der Waals surface area contributed by atoms with E-state index in [-0.39, 0.29) is 29.2 Å². The van der Waals surface area contributed by atoms with Gasteiger partial charge in [-0.2, -0.15) is 0 Å². The third kappa shape index (κ3) is 3.38. The third-order valence-corrected chi connectivity index (χ3v) is 10.4. The average Bonchev–Trinajstić information content (AvgIpc) is 3.36. The number of nitro benzene ring substituents is 1. The lowest BCUT2D eigenvalue weighted by molar-refractivity contribution is -0.384. The lowest BCUT2D eigenvalue weighted by atomic mass is 9.46. The highest BCUT2D eigenvalue weighted by Gasteiger charge is 2.75. The molecule has 38 heavy (non-hydrogen) atoms. The molecule has 3 saturated carbocycles. The number of nitro groups is 1. The number of benzene rings is 1. The number of fused-ring (bicyclic) bond motifs is 7. The van der Waals surface area contributed by atoms with Gasteiger partial charge in [0.05, 0.1) is 17.1 Å². The largest absolute Gasteiger partial charge is 0.393 e. The molecule has 202 valence electrons. The van der Waals surface area contributed by atoms with Gasteiger partial charge < -0.3 is 19.7 Å². The number of carbonyl (C=O) groups is 2. The molecule has 0 bridgehead atoms. The Morgan fingerprint density at radius 1 is 1.24 bits per heavy atom. The molecular formula is C29H33NO8. The minimum atomic E-state index is -1.39. The second-order valence-electron chi connectivity index (χ2n) is 12.1. The summed E-state index contributed by atoms with van der Waals surface area (Å²) in [7, 11) is 0. The Labute approximate surface area is 220 Å². The summed E-state index contributed by atoms with van der Waals surface area (Å²) in [5, 5.41) is 32.7. The van der Waals surface area contributed by atoms with E-state index in [1.165, 1.54) is 12.1 Å². The van der Waals surface area contributed by atoms with E-state index >= 15 is 0 Å². The molecule has 1 heterocycles. The van der Waals surface area contributed by atoms with Gasteiger partial charge in [-0.1, -0.05) is 37.6 Å². The number of hydrogen-bond donors (Lipinski definition) is 2. The molecule has 1 aliphatic heterocycles. The molecule has 6 rings (SSSR count). The van der Waals surface area contributed by atoms with Gasteiger partial charge in [-0.05, 0) is 55.2 Å². The molecule has 2 N–H and O–H groups in total. The number of non-ortho nitro benzene ring substituents is 1. The molecule has 1 unspecified atom stereocenters. The van der Waals surface area contributed by atoms with Crippen molar-refractivity contribution in [3.8, 4) is 0 Å². The van der Waals surface area contributed by atoms with Gasteiger partial charge >= 0.3 is 0 Å². The number of nitrogens with zero attached hydrogens (tertiary/aromatic N) is 1. The first-order chi connectivity index (χ1) is 18.0. The molecule has 0 spiro atoms. The van der Waals surface area contributed by atoms with Crippen molar-refractivity contribution in [2.45, 2.75) is 70.1 Å². The van der Waals surface area contributed by atoms with Gasteiger partial charge in [0.2, 0.25) is 0 Å². The van der Waals surface area contributed by atoms with Gasteiger partial charge in [-0.25, -0.2) is 0 Å². The zero-order valence-electron chi connectivity index (χ0n) is 21.5. The molecule has 9 heteroatoms. The number of rotatable bonds is 5. The van der Waals surface area contributed by atoms with Crippen LogP contribution in [0.2, 0.25) is 0 Å². The predicted molar refractivity (Wildman–Crippen MR) is 135 cm³/mol. The number of Topliss-reactive ketones (excluding diaryl/α,β-unsaturated/α-hetero) is 1. The monoisotopic (exact) mass is 523 g/mol. The number of aliphatic hydroxyl groups is 2. The summed E-state index contributed by atoms with van der Waals surface area (Å²) < 4.78 is 12.9. The van der Waals surface area contributed by atoms with E-state index < -0.39 is 52.2 Å². The first-order valence-electron chi connectivity index (χ1n) is 13.4. The van der Waals surface area contributed by atoms with E-state index in [1.807, 2.05) is 13.0 Å². The first kappa shape index (κ1) is 25.6. The van der Waals surface area contributed by atoms with Crippen molar-refractivity contribution in [1.29, 1.82) is 0 Å². The van der Waals surface area contributed by atoms with E-state index in [2.05, 4.69) is 6.92 Å². The minimum absolute atomic E-state index is 0.0109. The lowest BCUT2D eigenvalue weighted by Crippen LogP contribution is -2.63. The van der Waals surface area contributed by atoms with Gasteiger partial charge in [0, 0.05) is 35.3 Å². The maximum absolute atomic E-state index is 13.5. The van der Waals surface area contributed by atoms with Crippen LogP contribution in [0.5, 0.6) is 0 Å². The fourth-order valence-corrected chi connectivity index (χ4v) is 8.80. The Morgan fingerprint density at radius 2 is 1.97 bits per heavy atom. The summed E-state index contributed by atoms with van der Waals surface area (Å²) >= 11 is 0. The lowest BCUT2D eigenvalue weighted by Gasteiger charge is -2.59. The first-order valence-corrected chi connectivity index (χ1v) is 13.4. The van der Waals surface area contributed by atoms with Crippen molar-refractivity contribution in [3.63, 3.8) is 0 Å². The van der Waals surface area contributed by atoms with Crippen LogP contribution in [0.1, 0.15) is 45.1 Å². The van der Waals surface area contributed by atoms with E-state index in [9.17, 15) is 29.9 Å². The van der Waals surface area contributed by atoms with Crippen LogP contribution >= 0.6 is 0 Å². The van der Waals surface area contributed by atoms with Crippen LogP contribution in [0.15, 0.2) is 48.1 Å². The van der Waals surface area contributed by atoms with Gasteiger partial charge in [-0.3, -0.25) is 19.7 Å². The Bertz CT molecular complexity index is 1260. The third-order valence-electron chi connectivity index (χ3n) is 10.4. The molecule has 1 aromatic rings. The molecule has 4 aliphatic carbocycles. The van der Waals surface area contributed by atoms with Crippen LogP contribution in [0.25, 0.3) is 0 Å². The zero-order chi connectivity index (χ0) is 27.0. The summed E-state index contributed by atoms with van der Waals surface area (Å²) in [5.74, 6) is -0.426. The molecule has 9 nitrogen and oxygen atoms in total. The molecule has 1 saturated heterocycles. The number of aliphatic hydroxyl groups excluding tert-OH is 2. The molecular weight excluding hydrogens is 490 g/mol. The van der Waals surface area contributed by atoms with Crippen molar-refractivity contribution in [1.82, 2.24) is 0 Å². The average molecular weight is 524 g/mol. The molecule has 0 aromatic heterocycles. The Balaban J connectivity index is 1.31. The van der Waals surface area contributed by atoms with Gasteiger partial charge in [0.25, 0.3) is 5.69 Å². The zero-order valence-corrected chi connectivity index (χ0v) is 21.5. The van der Waals surface area contributed by atoms with Gasteiger partial charge in [0.1, 0.15) is 6.61 Å². The molecule has 5 aliphatic rings. The van der Waals surface area contributed by atoms with Crippen molar-refractivity contribution in [2.24, 2.45) is 28.6 Å². The number of hydrogen-bond acceptors (Lipinski definition) is 8. The SMILES string of the molecule is C[C@]12C=CC(=O)C=C1CC[C@@H]1[C@@H]2[C@@H](O)C[C@@]2(C)[C@H]1C[C@H]1OC(Cc3ccc([N+](=O)[O-])cc3)O[C@]12C(=O)CO.